The fourth-order valence-electron chi connectivity index (χ4n) is 4.44. The van der Waals surface area contributed by atoms with Crippen LogP contribution in [0, 0.1) is 0 Å². The first-order chi connectivity index (χ1) is 18.3. The van der Waals surface area contributed by atoms with Crippen molar-refractivity contribution in [3.8, 4) is 17.2 Å². The highest BCUT2D eigenvalue weighted by atomic mass is 32.2. The van der Waals surface area contributed by atoms with E-state index >= 15 is 0 Å². The first kappa shape index (κ1) is 32.7. The van der Waals surface area contributed by atoms with Crippen molar-refractivity contribution in [2.75, 3.05) is 7.11 Å². The third-order valence-electron chi connectivity index (χ3n) is 9.19. The van der Waals surface area contributed by atoms with Crippen molar-refractivity contribution < 1.29 is 22.0 Å². The molecule has 9 heteroatoms. The maximum atomic E-state index is 13.0. The molecule has 0 saturated heterocycles. The second kappa shape index (κ2) is 11.8. The van der Waals surface area contributed by atoms with E-state index in [0.717, 1.165) is 37.2 Å². The Labute approximate surface area is 245 Å². The summed E-state index contributed by atoms with van der Waals surface area (Å²) in [7, 11) is -6.12. The van der Waals surface area contributed by atoms with Crippen molar-refractivity contribution in [2.45, 2.75) is 120 Å². The van der Waals surface area contributed by atoms with E-state index in [-0.39, 0.29) is 21.0 Å². The molecule has 0 spiro atoms. The van der Waals surface area contributed by atoms with Crippen LogP contribution in [0.2, 0.25) is 36.3 Å². The fourth-order valence-corrected chi connectivity index (χ4v) is 7.80. The van der Waals surface area contributed by atoms with Gasteiger partial charge >= 0.3 is 0 Å². The Balaban J connectivity index is 1.81. The van der Waals surface area contributed by atoms with Crippen LogP contribution >= 0.6 is 0 Å². The van der Waals surface area contributed by atoms with E-state index in [1.165, 1.54) is 5.56 Å². The van der Waals surface area contributed by atoms with Gasteiger partial charge in [-0.15, -0.1) is 0 Å². The maximum Gasteiger partial charge on any atom is 0.250 e. The molecule has 2 aromatic carbocycles. The molecule has 1 aliphatic rings. The molecule has 0 aliphatic heterocycles. The van der Waals surface area contributed by atoms with E-state index in [0.29, 0.717) is 11.7 Å². The van der Waals surface area contributed by atoms with Crippen molar-refractivity contribution in [3.05, 3.63) is 48.0 Å². The molecule has 0 bridgehead atoms. The lowest BCUT2D eigenvalue weighted by atomic mass is 9.81. The fraction of sp³-hybridized carbons (Fsp3) is 0.613. The molecule has 6 nitrogen and oxygen atoms in total. The Kier molecular flexibility index (Phi) is 9.66. The Bertz CT molecular complexity index is 1250. The van der Waals surface area contributed by atoms with Gasteiger partial charge in [0.25, 0.3) is 0 Å². The quantitative estimate of drug-likeness (QED) is 0.290. The van der Waals surface area contributed by atoms with Gasteiger partial charge < -0.3 is 13.6 Å². The normalized spacial score (nSPS) is 19.3. The third-order valence-corrected chi connectivity index (χ3v) is 19.4. The zero-order chi connectivity index (χ0) is 30.1. The molecule has 224 valence electrons. The SMILES string of the molecule is COc1ccc(S(=O)(=O)NC2CCC(c3ccc(O[Si](C)(C)C(C)(C)C)cc3O[Si](C)(C)C(C)(C)C)CC2)cc1. The average Bonchev–Trinajstić information content (AvgIpc) is 2.83. The van der Waals surface area contributed by atoms with E-state index < -0.39 is 26.7 Å². The molecular weight excluding hydrogens is 555 g/mol. The van der Waals surface area contributed by atoms with Crippen LogP contribution in [0.1, 0.15) is 78.7 Å². The van der Waals surface area contributed by atoms with Crippen LogP contribution in [0.5, 0.6) is 17.2 Å². The second-order valence-corrected chi connectivity index (χ2v) is 25.4. The van der Waals surface area contributed by atoms with Crippen LogP contribution in [0.25, 0.3) is 0 Å². The van der Waals surface area contributed by atoms with Gasteiger partial charge in [0.2, 0.25) is 26.7 Å². The monoisotopic (exact) mass is 605 g/mol. The van der Waals surface area contributed by atoms with E-state index in [2.05, 4.69) is 90.7 Å². The molecule has 1 aliphatic carbocycles. The van der Waals surface area contributed by atoms with Gasteiger partial charge in [0.1, 0.15) is 17.2 Å². The average molecular weight is 606 g/mol. The van der Waals surface area contributed by atoms with Crippen LogP contribution in [-0.2, 0) is 10.0 Å². The molecule has 1 N–H and O–H groups in total. The number of methoxy groups -OCH3 is 1. The first-order valence-corrected chi connectivity index (χ1v) is 21.7. The standard InChI is InChI=1S/C31H51NO5SSi2/c1-30(2,3)39(8,9)36-26-18-21-28(29(22-26)37-40(10,11)31(4,5)6)23-12-14-24(15-13-23)32-38(33,34)27-19-16-25(35-7)17-20-27/h16-24,32H,12-15H2,1-11H3. The summed E-state index contributed by atoms with van der Waals surface area (Å²) in [5, 5.41) is 0.168. The van der Waals surface area contributed by atoms with Crippen LogP contribution in [0.3, 0.4) is 0 Å². The molecule has 40 heavy (non-hydrogen) atoms. The highest BCUT2D eigenvalue weighted by molar-refractivity contribution is 7.89. The van der Waals surface area contributed by atoms with Crippen molar-refractivity contribution in [1.29, 1.82) is 0 Å². The summed E-state index contributed by atoms with van der Waals surface area (Å²) in [6.45, 7) is 22.6. The third kappa shape index (κ3) is 7.72. The molecule has 1 fully saturated rings. The maximum absolute atomic E-state index is 13.0. The zero-order valence-electron chi connectivity index (χ0n) is 26.5. The van der Waals surface area contributed by atoms with Crippen LogP contribution in [-0.4, -0.2) is 38.2 Å². The van der Waals surface area contributed by atoms with Gasteiger partial charge in [-0.1, -0.05) is 47.6 Å². The molecular formula is C31H51NO5SSi2. The van der Waals surface area contributed by atoms with Crippen molar-refractivity contribution in [3.63, 3.8) is 0 Å². The summed E-state index contributed by atoms with van der Waals surface area (Å²) in [4.78, 5) is 0.262. The van der Waals surface area contributed by atoms with Gasteiger partial charge in [-0.3, -0.25) is 0 Å². The lowest BCUT2D eigenvalue weighted by molar-refractivity contribution is 0.367. The molecule has 0 atom stereocenters. The van der Waals surface area contributed by atoms with Gasteiger partial charge in [-0.25, -0.2) is 13.1 Å². The summed E-state index contributed by atoms with van der Waals surface area (Å²) in [6.07, 6.45) is 3.35. The van der Waals surface area contributed by atoms with E-state index in [1.807, 2.05) is 0 Å². The number of nitrogens with one attached hydrogen (secondary N) is 1. The number of ether oxygens (including phenoxy) is 1. The summed E-state index contributed by atoms with van der Waals surface area (Å²) < 4.78 is 47.7. The molecule has 0 unspecified atom stereocenters. The van der Waals surface area contributed by atoms with Crippen LogP contribution in [0.4, 0.5) is 0 Å². The van der Waals surface area contributed by atoms with Gasteiger partial charge in [0, 0.05) is 12.1 Å². The Hall–Kier alpha value is -1.82. The summed E-state index contributed by atoms with van der Waals surface area (Å²) >= 11 is 0. The van der Waals surface area contributed by atoms with Crippen LogP contribution < -0.4 is 18.3 Å². The second-order valence-electron chi connectivity index (χ2n) is 14.3. The summed E-state index contributed by atoms with van der Waals surface area (Å²) in [5.74, 6) is 2.76. The van der Waals surface area contributed by atoms with E-state index in [4.69, 9.17) is 13.6 Å². The number of rotatable bonds is 9. The predicted octanol–water partition coefficient (Wildman–Crippen LogP) is 8.47. The first-order valence-electron chi connectivity index (χ1n) is 14.4. The minimum absolute atomic E-state index is 0.0674. The van der Waals surface area contributed by atoms with Gasteiger partial charge in [0.15, 0.2) is 0 Å². The number of hydrogen-bond donors (Lipinski definition) is 1. The Morgan fingerprint density at radius 1 is 0.750 bits per heavy atom. The van der Waals surface area contributed by atoms with Crippen molar-refractivity contribution in [1.82, 2.24) is 4.72 Å². The molecule has 2 aromatic rings. The molecule has 3 rings (SSSR count). The lowest BCUT2D eigenvalue weighted by Gasteiger charge is -2.39. The Morgan fingerprint density at radius 2 is 1.25 bits per heavy atom. The highest BCUT2D eigenvalue weighted by Gasteiger charge is 2.41. The smallest absolute Gasteiger partial charge is 0.250 e. The topological polar surface area (TPSA) is 73.9 Å². The summed E-state index contributed by atoms with van der Waals surface area (Å²) in [6, 6.07) is 12.9. The zero-order valence-corrected chi connectivity index (χ0v) is 29.3. The van der Waals surface area contributed by atoms with E-state index in [9.17, 15) is 8.42 Å². The minimum Gasteiger partial charge on any atom is -0.543 e. The molecule has 0 aromatic heterocycles. The Morgan fingerprint density at radius 3 is 1.75 bits per heavy atom. The van der Waals surface area contributed by atoms with Gasteiger partial charge in [0.05, 0.1) is 12.0 Å². The lowest BCUT2D eigenvalue weighted by Crippen LogP contribution is -2.44. The van der Waals surface area contributed by atoms with Crippen molar-refractivity contribution >= 4 is 26.7 Å². The van der Waals surface area contributed by atoms with Gasteiger partial charge in [-0.2, -0.15) is 0 Å². The van der Waals surface area contributed by atoms with Crippen molar-refractivity contribution in [2.24, 2.45) is 0 Å². The molecule has 0 radical (unpaired) electrons. The predicted molar refractivity (Wildman–Crippen MR) is 170 cm³/mol. The molecule has 1 saturated carbocycles. The minimum atomic E-state index is -3.59. The number of benzene rings is 2. The largest absolute Gasteiger partial charge is 0.543 e. The summed E-state index contributed by atoms with van der Waals surface area (Å²) in [5.41, 5.74) is 1.21. The molecule has 0 heterocycles. The molecule has 0 amide bonds. The number of sulfonamides is 1. The highest BCUT2D eigenvalue weighted by Crippen LogP contribution is 2.45. The van der Waals surface area contributed by atoms with Gasteiger partial charge in [-0.05, 0) is 104 Å². The number of hydrogen-bond acceptors (Lipinski definition) is 5. The van der Waals surface area contributed by atoms with Crippen LogP contribution in [0.15, 0.2) is 47.4 Å². The van der Waals surface area contributed by atoms with E-state index in [1.54, 1.807) is 31.4 Å².